The number of fused-ring (bicyclic) bond motifs is 2. The molecule has 1 aliphatic heterocycles. The highest BCUT2D eigenvalue weighted by atomic mass is 32.1. The molecule has 0 bridgehead atoms. The zero-order chi connectivity index (χ0) is 19.3. The van der Waals surface area contributed by atoms with Crippen molar-refractivity contribution < 1.29 is 4.79 Å². The van der Waals surface area contributed by atoms with E-state index in [2.05, 4.69) is 25.5 Å². The Bertz CT molecular complexity index is 1250. The minimum absolute atomic E-state index is 0.0401. The van der Waals surface area contributed by atoms with Crippen LogP contribution in [0.4, 0.5) is 5.69 Å². The summed E-state index contributed by atoms with van der Waals surface area (Å²) in [4.78, 5) is 35.5. The van der Waals surface area contributed by atoms with Crippen molar-refractivity contribution in [2.24, 2.45) is 0 Å². The van der Waals surface area contributed by atoms with Gasteiger partial charge in [-0.2, -0.15) is 5.10 Å². The lowest BCUT2D eigenvalue weighted by molar-refractivity contribution is 0.103. The molecule has 0 saturated carbocycles. The number of carbonyl (C=O) groups is 1. The molecule has 4 aromatic rings. The van der Waals surface area contributed by atoms with Crippen LogP contribution in [0.25, 0.3) is 21.6 Å². The smallest absolute Gasteiger partial charge is 0.266 e. The van der Waals surface area contributed by atoms with Crippen LogP contribution in [-0.2, 0) is 13.0 Å². The van der Waals surface area contributed by atoms with Gasteiger partial charge in [0.05, 0.1) is 10.3 Å². The second kappa shape index (κ2) is 6.38. The number of benzene rings is 1. The highest BCUT2D eigenvalue weighted by molar-refractivity contribution is 7.20. The van der Waals surface area contributed by atoms with Crippen LogP contribution in [0.2, 0.25) is 0 Å². The first-order chi connectivity index (χ1) is 13.6. The topological polar surface area (TPSA) is 106 Å². The summed E-state index contributed by atoms with van der Waals surface area (Å²) in [6, 6.07) is 7.32. The Labute approximate surface area is 163 Å². The normalized spacial score (nSPS) is 13.0. The SMILES string of the molecule is Cc1c(C(=O)Nc2ccc(-c3ncn[nH]3)cc2)sc2nc3n(c(=O)c12)CCC3. The summed E-state index contributed by atoms with van der Waals surface area (Å²) in [6.07, 6.45) is 3.19. The number of nitrogens with zero attached hydrogens (tertiary/aromatic N) is 4. The number of hydrogen-bond donors (Lipinski definition) is 2. The molecule has 4 heterocycles. The third-order valence-electron chi connectivity index (χ3n) is 4.95. The summed E-state index contributed by atoms with van der Waals surface area (Å²) < 4.78 is 1.73. The van der Waals surface area contributed by atoms with E-state index in [-0.39, 0.29) is 11.5 Å². The molecule has 9 heteroatoms. The minimum Gasteiger partial charge on any atom is -0.321 e. The van der Waals surface area contributed by atoms with Gasteiger partial charge in [0.25, 0.3) is 11.5 Å². The number of hydrogen-bond acceptors (Lipinski definition) is 6. The van der Waals surface area contributed by atoms with Crippen molar-refractivity contribution in [3.05, 3.63) is 57.2 Å². The van der Waals surface area contributed by atoms with Crippen LogP contribution in [0.15, 0.2) is 35.4 Å². The Morgan fingerprint density at radius 3 is 2.86 bits per heavy atom. The molecule has 0 unspecified atom stereocenters. The van der Waals surface area contributed by atoms with Gasteiger partial charge in [-0.25, -0.2) is 9.97 Å². The molecule has 5 rings (SSSR count). The van der Waals surface area contributed by atoms with Crippen molar-refractivity contribution >= 4 is 33.1 Å². The van der Waals surface area contributed by atoms with Gasteiger partial charge in [0.1, 0.15) is 17.0 Å². The van der Waals surface area contributed by atoms with Gasteiger partial charge in [-0.1, -0.05) is 0 Å². The van der Waals surface area contributed by atoms with Gasteiger partial charge in [-0.05, 0) is 43.2 Å². The van der Waals surface area contributed by atoms with Gasteiger partial charge >= 0.3 is 0 Å². The first kappa shape index (κ1) is 16.8. The standard InChI is InChI=1S/C19H16N6O2S/c1-10-14-18(23-13-3-2-8-25(13)19(14)27)28-15(10)17(26)22-12-6-4-11(5-7-12)16-20-9-21-24-16/h4-7,9H,2-3,8H2,1H3,(H,22,26)(H,20,21,24). The van der Waals surface area contributed by atoms with Crippen molar-refractivity contribution in [2.75, 3.05) is 5.32 Å². The Morgan fingerprint density at radius 1 is 1.29 bits per heavy atom. The van der Waals surface area contributed by atoms with E-state index in [1.54, 1.807) is 16.7 Å². The Morgan fingerprint density at radius 2 is 2.11 bits per heavy atom. The van der Waals surface area contributed by atoms with Crippen molar-refractivity contribution in [1.29, 1.82) is 0 Å². The maximum atomic E-state index is 12.8. The summed E-state index contributed by atoms with van der Waals surface area (Å²) in [5, 5.41) is 10.1. The summed E-state index contributed by atoms with van der Waals surface area (Å²) in [6.45, 7) is 2.51. The van der Waals surface area contributed by atoms with Crippen molar-refractivity contribution in [2.45, 2.75) is 26.3 Å². The fourth-order valence-corrected chi connectivity index (χ4v) is 4.62. The van der Waals surface area contributed by atoms with Crippen molar-refractivity contribution in [1.82, 2.24) is 24.7 Å². The molecule has 0 fully saturated rings. The highest BCUT2D eigenvalue weighted by Crippen LogP contribution is 2.29. The largest absolute Gasteiger partial charge is 0.321 e. The molecule has 1 aliphatic rings. The molecule has 0 saturated heterocycles. The van der Waals surface area contributed by atoms with E-state index in [0.717, 1.165) is 24.2 Å². The summed E-state index contributed by atoms with van der Waals surface area (Å²) >= 11 is 1.27. The predicted molar refractivity (Wildman–Crippen MR) is 107 cm³/mol. The molecule has 3 aromatic heterocycles. The number of aromatic nitrogens is 5. The lowest BCUT2D eigenvalue weighted by Gasteiger charge is -2.05. The second-order valence-electron chi connectivity index (χ2n) is 6.69. The number of carbonyl (C=O) groups excluding carboxylic acids is 1. The predicted octanol–water partition coefficient (Wildman–Crippen LogP) is 2.75. The van der Waals surface area contributed by atoms with Gasteiger partial charge < -0.3 is 5.32 Å². The number of anilines is 1. The van der Waals surface area contributed by atoms with Crippen LogP contribution in [-0.4, -0.2) is 30.6 Å². The van der Waals surface area contributed by atoms with E-state index in [4.69, 9.17) is 0 Å². The van der Waals surface area contributed by atoms with Gasteiger partial charge in [0.15, 0.2) is 5.82 Å². The molecular formula is C19H16N6O2S. The lowest BCUT2D eigenvalue weighted by atomic mass is 10.2. The maximum Gasteiger partial charge on any atom is 0.266 e. The fraction of sp³-hybridized carbons (Fsp3) is 0.211. The number of amides is 1. The van der Waals surface area contributed by atoms with Crippen LogP contribution in [0.5, 0.6) is 0 Å². The van der Waals surface area contributed by atoms with Crippen LogP contribution < -0.4 is 10.9 Å². The zero-order valence-electron chi connectivity index (χ0n) is 15.0. The fourth-order valence-electron chi connectivity index (χ4n) is 3.54. The molecule has 140 valence electrons. The van der Waals surface area contributed by atoms with E-state index in [1.165, 1.54) is 17.7 Å². The highest BCUT2D eigenvalue weighted by Gasteiger charge is 2.23. The van der Waals surface area contributed by atoms with E-state index in [9.17, 15) is 9.59 Å². The first-order valence-corrected chi connectivity index (χ1v) is 9.73. The van der Waals surface area contributed by atoms with Gasteiger partial charge in [0, 0.05) is 24.2 Å². The van der Waals surface area contributed by atoms with Crippen molar-refractivity contribution in [3.8, 4) is 11.4 Å². The molecule has 1 amide bonds. The molecule has 28 heavy (non-hydrogen) atoms. The van der Waals surface area contributed by atoms with E-state index >= 15 is 0 Å². The van der Waals surface area contributed by atoms with Crippen molar-refractivity contribution in [3.63, 3.8) is 0 Å². The maximum absolute atomic E-state index is 12.8. The Balaban J connectivity index is 1.45. The van der Waals surface area contributed by atoms with Gasteiger partial charge in [-0.3, -0.25) is 19.3 Å². The first-order valence-electron chi connectivity index (χ1n) is 8.92. The monoisotopic (exact) mass is 392 g/mol. The molecule has 0 radical (unpaired) electrons. The second-order valence-corrected chi connectivity index (χ2v) is 7.69. The molecule has 1 aromatic carbocycles. The third-order valence-corrected chi connectivity index (χ3v) is 6.13. The van der Waals surface area contributed by atoms with E-state index < -0.39 is 0 Å². The minimum atomic E-state index is -0.238. The Kier molecular flexibility index (Phi) is 3.83. The van der Waals surface area contributed by atoms with E-state index in [1.807, 2.05) is 19.1 Å². The molecule has 0 aliphatic carbocycles. The number of rotatable bonds is 3. The molecular weight excluding hydrogens is 376 g/mol. The van der Waals surface area contributed by atoms with Crippen LogP contribution >= 0.6 is 11.3 Å². The van der Waals surface area contributed by atoms with E-state index in [0.29, 0.717) is 38.7 Å². The number of nitrogens with one attached hydrogen (secondary N) is 2. The zero-order valence-corrected chi connectivity index (χ0v) is 15.8. The average Bonchev–Trinajstić information content (AvgIpc) is 3.43. The molecule has 0 atom stereocenters. The average molecular weight is 392 g/mol. The number of H-pyrrole nitrogens is 1. The molecule has 2 N–H and O–H groups in total. The Hall–Kier alpha value is -3.33. The third kappa shape index (κ3) is 2.63. The lowest BCUT2D eigenvalue weighted by Crippen LogP contribution is -2.20. The molecule has 8 nitrogen and oxygen atoms in total. The van der Waals surface area contributed by atoms with Crippen LogP contribution in [0, 0.1) is 6.92 Å². The number of thiophene rings is 1. The number of aryl methyl sites for hydroxylation is 2. The summed E-state index contributed by atoms with van der Waals surface area (Å²) in [5.41, 5.74) is 2.19. The van der Waals surface area contributed by atoms with Gasteiger partial charge in [0.2, 0.25) is 0 Å². The van der Waals surface area contributed by atoms with Crippen LogP contribution in [0.1, 0.15) is 27.5 Å². The number of aromatic amines is 1. The molecule has 0 spiro atoms. The quantitative estimate of drug-likeness (QED) is 0.558. The summed E-state index contributed by atoms with van der Waals surface area (Å²) in [7, 11) is 0. The van der Waals surface area contributed by atoms with Crippen LogP contribution in [0.3, 0.4) is 0 Å². The summed E-state index contributed by atoms with van der Waals surface area (Å²) in [5.74, 6) is 1.24. The van der Waals surface area contributed by atoms with Gasteiger partial charge in [-0.15, -0.1) is 11.3 Å².